The smallest absolute Gasteiger partial charge is 0.326 e. The van der Waals surface area contributed by atoms with Crippen molar-refractivity contribution in [2.24, 2.45) is 0 Å². The average Bonchev–Trinajstić information content (AvgIpc) is 2.96. The molecule has 0 fully saturated rings. The number of methoxy groups -OCH3 is 1. The highest BCUT2D eigenvalue weighted by Gasteiger charge is 2.30. The Morgan fingerprint density at radius 1 is 1.08 bits per heavy atom. The molecule has 0 saturated heterocycles. The number of aryl methyl sites for hydroxylation is 1. The predicted molar refractivity (Wildman–Crippen MR) is 99.6 cm³/mol. The molecule has 0 spiro atoms. The Bertz CT molecular complexity index is 1010. The van der Waals surface area contributed by atoms with Crippen LogP contribution >= 0.6 is 11.3 Å². The predicted octanol–water partition coefficient (Wildman–Crippen LogP) is 3.58. The van der Waals surface area contributed by atoms with Crippen LogP contribution in [0.2, 0.25) is 0 Å². The highest BCUT2D eigenvalue weighted by molar-refractivity contribution is 7.93. The zero-order chi connectivity index (χ0) is 18.0. The van der Waals surface area contributed by atoms with Gasteiger partial charge in [0.2, 0.25) is 0 Å². The third-order valence-electron chi connectivity index (χ3n) is 3.88. The van der Waals surface area contributed by atoms with E-state index >= 15 is 0 Å². The molecule has 0 N–H and O–H groups in total. The average molecular weight is 375 g/mol. The van der Waals surface area contributed by atoms with E-state index in [-0.39, 0.29) is 11.4 Å². The number of sulfonamides is 1. The first-order chi connectivity index (χ1) is 11.9. The quantitative estimate of drug-likeness (QED) is 0.640. The van der Waals surface area contributed by atoms with Crippen LogP contribution in [0.15, 0.2) is 59.5 Å². The van der Waals surface area contributed by atoms with Crippen LogP contribution < -0.4 is 4.31 Å². The molecule has 0 unspecified atom stereocenters. The Morgan fingerprint density at radius 3 is 2.36 bits per heavy atom. The van der Waals surface area contributed by atoms with E-state index in [0.717, 1.165) is 20.0 Å². The van der Waals surface area contributed by atoms with E-state index in [1.165, 1.54) is 30.6 Å². The maximum absolute atomic E-state index is 13.1. The molecule has 0 amide bonds. The van der Waals surface area contributed by atoms with Crippen LogP contribution in [0.3, 0.4) is 0 Å². The highest BCUT2D eigenvalue weighted by atomic mass is 32.2. The summed E-state index contributed by atoms with van der Waals surface area (Å²) in [5.41, 5.74) is 0.823. The summed E-state index contributed by atoms with van der Waals surface area (Å²) in [6.07, 6.45) is 0. The zero-order valence-corrected chi connectivity index (χ0v) is 15.4. The molecule has 130 valence electrons. The molecule has 3 aromatic rings. The fourth-order valence-corrected chi connectivity index (χ4v) is 5.47. The number of rotatable bonds is 5. The molecule has 0 aliphatic carbocycles. The van der Waals surface area contributed by atoms with Crippen molar-refractivity contribution in [3.8, 4) is 0 Å². The van der Waals surface area contributed by atoms with Crippen molar-refractivity contribution in [1.82, 2.24) is 0 Å². The number of hydrogen-bond acceptors (Lipinski definition) is 5. The van der Waals surface area contributed by atoms with Gasteiger partial charge in [0.1, 0.15) is 11.5 Å². The number of carbonyl (C=O) groups is 1. The first kappa shape index (κ1) is 17.4. The van der Waals surface area contributed by atoms with Crippen LogP contribution in [-0.2, 0) is 19.6 Å². The van der Waals surface area contributed by atoms with Crippen LogP contribution in [0, 0.1) is 6.92 Å². The van der Waals surface area contributed by atoms with Gasteiger partial charge in [-0.05, 0) is 36.1 Å². The maximum Gasteiger partial charge on any atom is 0.326 e. The number of anilines is 1. The lowest BCUT2D eigenvalue weighted by Crippen LogP contribution is -2.36. The molecule has 25 heavy (non-hydrogen) atoms. The Kier molecular flexibility index (Phi) is 4.78. The van der Waals surface area contributed by atoms with E-state index in [2.05, 4.69) is 0 Å². The fraction of sp³-hybridized carbons (Fsp3) is 0.167. The third-order valence-corrected chi connectivity index (χ3v) is 7.05. The molecular formula is C18H17NO4S2. The van der Waals surface area contributed by atoms with Crippen molar-refractivity contribution < 1.29 is 17.9 Å². The summed E-state index contributed by atoms with van der Waals surface area (Å²) in [5, 5.41) is 1.50. The van der Waals surface area contributed by atoms with Gasteiger partial charge < -0.3 is 4.74 Å². The number of ether oxygens (including phenoxy) is 1. The molecule has 0 aliphatic rings. The van der Waals surface area contributed by atoms with Gasteiger partial charge in [0.25, 0.3) is 10.0 Å². The van der Waals surface area contributed by atoms with E-state index in [0.29, 0.717) is 5.00 Å². The Morgan fingerprint density at radius 2 is 1.72 bits per heavy atom. The molecule has 1 aromatic heterocycles. The van der Waals surface area contributed by atoms with Crippen LogP contribution in [-0.4, -0.2) is 28.0 Å². The van der Waals surface area contributed by atoms with Crippen molar-refractivity contribution in [2.75, 3.05) is 18.0 Å². The van der Waals surface area contributed by atoms with Crippen molar-refractivity contribution in [2.45, 2.75) is 11.8 Å². The molecule has 0 aliphatic heterocycles. The van der Waals surface area contributed by atoms with Gasteiger partial charge in [0, 0.05) is 4.70 Å². The summed E-state index contributed by atoms with van der Waals surface area (Å²) in [6, 6.07) is 15.8. The highest BCUT2D eigenvalue weighted by Crippen LogP contribution is 2.39. The minimum absolute atomic E-state index is 0.135. The van der Waals surface area contributed by atoms with Crippen molar-refractivity contribution >= 4 is 42.4 Å². The Hall–Kier alpha value is -2.38. The van der Waals surface area contributed by atoms with E-state index in [1.807, 2.05) is 31.2 Å². The first-order valence-electron chi connectivity index (χ1n) is 7.58. The molecule has 3 rings (SSSR count). The SMILES string of the molecule is COC(=O)CN(c1sc2ccccc2c1C)S(=O)(=O)c1ccccc1. The lowest BCUT2D eigenvalue weighted by Gasteiger charge is -2.22. The number of esters is 1. The van der Waals surface area contributed by atoms with Gasteiger partial charge in [0.05, 0.1) is 12.0 Å². The number of hydrogen-bond donors (Lipinski definition) is 0. The molecule has 0 saturated carbocycles. The van der Waals surface area contributed by atoms with E-state index in [1.54, 1.807) is 18.2 Å². The minimum atomic E-state index is -3.89. The van der Waals surface area contributed by atoms with E-state index in [4.69, 9.17) is 4.74 Å². The van der Waals surface area contributed by atoms with Crippen molar-refractivity contribution in [1.29, 1.82) is 0 Å². The summed E-state index contributed by atoms with van der Waals surface area (Å²) >= 11 is 1.34. The van der Waals surface area contributed by atoms with Crippen LogP contribution in [0.4, 0.5) is 5.00 Å². The van der Waals surface area contributed by atoms with Gasteiger partial charge >= 0.3 is 5.97 Å². The molecule has 7 heteroatoms. The normalized spacial score (nSPS) is 11.4. The fourth-order valence-electron chi connectivity index (χ4n) is 2.57. The molecule has 0 radical (unpaired) electrons. The number of nitrogens with zero attached hydrogens (tertiary/aromatic N) is 1. The number of benzene rings is 2. The van der Waals surface area contributed by atoms with Gasteiger partial charge in [-0.3, -0.25) is 4.79 Å². The minimum Gasteiger partial charge on any atom is -0.468 e. The Balaban J connectivity index is 2.18. The molecular weight excluding hydrogens is 358 g/mol. The number of fused-ring (bicyclic) bond motifs is 1. The largest absolute Gasteiger partial charge is 0.468 e. The monoisotopic (exact) mass is 375 g/mol. The molecule has 0 bridgehead atoms. The second kappa shape index (κ2) is 6.85. The number of thiophene rings is 1. The summed E-state index contributed by atoms with van der Waals surface area (Å²) in [5.74, 6) is -0.614. The molecule has 1 heterocycles. The van der Waals surface area contributed by atoms with Crippen molar-refractivity contribution in [3.63, 3.8) is 0 Å². The zero-order valence-electron chi connectivity index (χ0n) is 13.8. The van der Waals surface area contributed by atoms with E-state index in [9.17, 15) is 13.2 Å². The summed E-state index contributed by atoms with van der Waals surface area (Å²) in [6.45, 7) is 1.49. The standard InChI is InChI=1S/C18H17NO4S2/c1-13-15-10-6-7-11-16(15)24-18(13)19(12-17(20)23-2)25(21,22)14-8-4-3-5-9-14/h3-11H,12H2,1-2H3. The summed E-state index contributed by atoms with van der Waals surface area (Å²) in [4.78, 5) is 12.0. The molecule has 2 aromatic carbocycles. The maximum atomic E-state index is 13.1. The molecule has 5 nitrogen and oxygen atoms in total. The van der Waals surface area contributed by atoms with Gasteiger partial charge in [0.15, 0.2) is 0 Å². The second-order valence-corrected chi connectivity index (χ2v) is 8.32. The Labute approximate surface area is 150 Å². The lowest BCUT2D eigenvalue weighted by molar-refractivity contribution is -0.138. The van der Waals surface area contributed by atoms with Gasteiger partial charge in [-0.1, -0.05) is 36.4 Å². The summed E-state index contributed by atoms with van der Waals surface area (Å²) in [7, 11) is -2.64. The van der Waals surface area contributed by atoms with Crippen LogP contribution in [0.1, 0.15) is 5.56 Å². The first-order valence-corrected chi connectivity index (χ1v) is 9.83. The van der Waals surface area contributed by atoms with Gasteiger partial charge in [-0.25, -0.2) is 12.7 Å². The number of carbonyl (C=O) groups excluding carboxylic acids is 1. The van der Waals surface area contributed by atoms with Gasteiger partial charge in [-0.15, -0.1) is 11.3 Å². The van der Waals surface area contributed by atoms with Crippen LogP contribution in [0.25, 0.3) is 10.1 Å². The van der Waals surface area contributed by atoms with Crippen LogP contribution in [0.5, 0.6) is 0 Å². The van der Waals surface area contributed by atoms with Crippen molar-refractivity contribution in [3.05, 3.63) is 60.2 Å². The van der Waals surface area contributed by atoms with E-state index < -0.39 is 16.0 Å². The summed E-state index contributed by atoms with van der Waals surface area (Å²) < 4.78 is 33.1. The topological polar surface area (TPSA) is 63.7 Å². The second-order valence-electron chi connectivity index (χ2n) is 5.43. The molecule has 0 atom stereocenters. The van der Waals surface area contributed by atoms with Gasteiger partial charge in [-0.2, -0.15) is 0 Å². The lowest BCUT2D eigenvalue weighted by atomic mass is 10.2. The third kappa shape index (κ3) is 3.25.